The maximum Gasteiger partial charge on any atom is 0.152 e. The van der Waals surface area contributed by atoms with Crippen molar-refractivity contribution in [2.24, 2.45) is 4.99 Å². The zero-order valence-electron chi connectivity index (χ0n) is 16.1. The molecule has 1 N–H and O–H groups in total. The summed E-state index contributed by atoms with van der Waals surface area (Å²) < 4.78 is 7.55. The molecule has 7 heteroatoms. The van der Waals surface area contributed by atoms with Gasteiger partial charge in [-0.15, -0.1) is 0 Å². The smallest absolute Gasteiger partial charge is 0.152 e. The second kappa shape index (κ2) is 7.33. The Morgan fingerprint density at radius 1 is 1.14 bits per heavy atom. The first kappa shape index (κ1) is 17.3. The van der Waals surface area contributed by atoms with E-state index in [9.17, 15) is 0 Å². The second-order valence-corrected chi connectivity index (χ2v) is 7.30. The van der Waals surface area contributed by atoms with Crippen LogP contribution < -0.4 is 5.32 Å². The molecular weight excluding hydrogens is 352 g/mol. The molecule has 2 aromatic heterocycles. The Labute approximate surface area is 164 Å². The van der Waals surface area contributed by atoms with Crippen LogP contribution in [0.25, 0.3) is 10.9 Å². The molecule has 0 saturated carbocycles. The number of nitrogens with one attached hydrogen (secondary N) is 1. The van der Waals surface area contributed by atoms with Crippen LogP contribution in [0.3, 0.4) is 0 Å². The van der Waals surface area contributed by atoms with Crippen molar-refractivity contribution >= 4 is 22.4 Å². The Bertz CT molecular complexity index is 1030. The molecule has 28 heavy (non-hydrogen) atoms. The molecule has 0 radical (unpaired) electrons. The minimum atomic E-state index is 0.687. The molecule has 2 aliphatic heterocycles. The number of hydrogen-bond acceptors (Lipinski definition) is 6. The summed E-state index contributed by atoms with van der Waals surface area (Å²) in [6, 6.07) is 10.4. The third-order valence-electron chi connectivity index (χ3n) is 5.45. The van der Waals surface area contributed by atoms with Crippen molar-refractivity contribution in [1.82, 2.24) is 19.7 Å². The van der Waals surface area contributed by atoms with Gasteiger partial charge in [-0.25, -0.2) is 0 Å². The number of morpholine rings is 1. The van der Waals surface area contributed by atoms with Gasteiger partial charge < -0.3 is 10.1 Å². The van der Waals surface area contributed by atoms with Gasteiger partial charge in [0.25, 0.3) is 0 Å². The highest BCUT2D eigenvalue weighted by Crippen LogP contribution is 2.24. The number of rotatable bonds is 4. The molecule has 1 fully saturated rings. The first-order valence-electron chi connectivity index (χ1n) is 9.81. The first-order chi connectivity index (χ1) is 13.8. The lowest BCUT2D eigenvalue weighted by Gasteiger charge is -2.26. The Kier molecular flexibility index (Phi) is 4.54. The number of amidine groups is 1. The maximum atomic E-state index is 5.43. The largest absolute Gasteiger partial charge is 0.379 e. The summed E-state index contributed by atoms with van der Waals surface area (Å²) in [5.74, 6) is 0.840. The van der Waals surface area contributed by atoms with Crippen LogP contribution in [0.1, 0.15) is 17.0 Å². The van der Waals surface area contributed by atoms with E-state index in [-0.39, 0.29) is 0 Å². The quantitative estimate of drug-likeness (QED) is 0.758. The predicted molar refractivity (Wildman–Crippen MR) is 110 cm³/mol. The van der Waals surface area contributed by atoms with Gasteiger partial charge in [-0.3, -0.25) is 19.6 Å². The van der Waals surface area contributed by atoms with Gasteiger partial charge in [0.05, 0.1) is 37.5 Å². The van der Waals surface area contributed by atoms with Gasteiger partial charge in [0.15, 0.2) is 5.84 Å². The molecule has 0 atom stereocenters. The zero-order chi connectivity index (χ0) is 18.9. The van der Waals surface area contributed by atoms with Crippen molar-refractivity contribution in [3.8, 4) is 0 Å². The fourth-order valence-corrected chi connectivity index (χ4v) is 3.90. The van der Waals surface area contributed by atoms with E-state index in [1.807, 2.05) is 12.3 Å². The molecule has 0 amide bonds. The van der Waals surface area contributed by atoms with Crippen molar-refractivity contribution in [3.63, 3.8) is 0 Å². The summed E-state index contributed by atoms with van der Waals surface area (Å²) >= 11 is 0. The van der Waals surface area contributed by atoms with E-state index in [2.05, 4.69) is 56.1 Å². The average molecular weight is 376 g/mol. The number of aromatic nitrogens is 3. The summed E-state index contributed by atoms with van der Waals surface area (Å²) in [7, 11) is 0. The highest BCUT2D eigenvalue weighted by atomic mass is 16.5. The molecule has 5 rings (SSSR count). The molecule has 0 bridgehead atoms. The lowest BCUT2D eigenvalue weighted by Crippen LogP contribution is -2.38. The number of aryl methyl sites for hydroxylation is 1. The van der Waals surface area contributed by atoms with Gasteiger partial charge in [-0.05, 0) is 31.2 Å². The van der Waals surface area contributed by atoms with E-state index in [4.69, 9.17) is 9.84 Å². The van der Waals surface area contributed by atoms with Crippen LogP contribution >= 0.6 is 0 Å². The number of aliphatic imine (C=N–C) groups is 1. The van der Waals surface area contributed by atoms with E-state index >= 15 is 0 Å². The number of hydrogen-bond donors (Lipinski definition) is 1. The lowest BCUT2D eigenvalue weighted by atomic mass is 10.2. The molecule has 144 valence electrons. The number of pyridine rings is 1. The maximum absolute atomic E-state index is 5.43. The number of nitrogens with zero attached hydrogens (tertiary/aromatic N) is 5. The standard InChI is InChI=1S/C21H24N6O/c1-15-18-13-17(24-21-20-16(14-23-21)3-2-6-22-20)4-5-19(18)27(25-15)8-7-26-9-11-28-12-10-26/h2-6,13H,7-12,14H2,1H3,(H,23,24). The number of anilines is 1. The van der Waals surface area contributed by atoms with E-state index in [0.717, 1.165) is 67.9 Å². The van der Waals surface area contributed by atoms with E-state index in [0.29, 0.717) is 6.54 Å². The van der Waals surface area contributed by atoms with Gasteiger partial charge >= 0.3 is 0 Å². The van der Waals surface area contributed by atoms with Gasteiger partial charge in [-0.1, -0.05) is 6.07 Å². The summed E-state index contributed by atoms with van der Waals surface area (Å²) in [5.41, 5.74) is 5.34. The summed E-state index contributed by atoms with van der Waals surface area (Å²) in [5, 5.41) is 9.38. The van der Waals surface area contributed by atoms with Crippen LogP contribution in [0.4, 0.5) is 5.69 Å². The number of fused-ring (bicyclic) bond motifs is 2. The molecule has 3 aromatic rings. The lowest BCUT2D eigenvalue weighted by molar-refractivity contribution is 0.0361. The van der Waals surface area contributed by atoms with Crippen molar-refractivity contribution in [1.29, 1.82) is 0 Å². The van der Waals surface area contributed by atoms with Crippen LogP contribution in [0, 0.1) is 6.92 Å². The van der Waals surface area contributed by atoms with E-state index in [1.54, 1.807) is 0 Å². The molecule has 0 spiro atoms. The second-order valence-electron chi connectivity index (χ2n) is 7.30. The fourth-order valence-electron chi connectivity index (χ4n) is 3.90. The van der Waals surface area contributed by atoms with E-state index < -0.39 is 0 Å². The molecule has 1 saturated heterocycles. The van der Waals surface area contributed by atoms with Crippen LogP contribution in [0.2, 0.25) is 0 Å². The highest BCUT2D eigenvalue weighted by Gasteiger charge is 2.18. The van der Waals surface area contributed by atoms with Gasteiger partial charge in [-0.2, -0.15) is 5.10 Å². The molecule has 2 aliphatic rings. The molecular formula is C21H24N6O. The molecule has 0 unspecified atom stereocenters. The van der Waals surface area contributed by atoms with Crippen molar-refractivity contribution in [2.45, 2.75) is 20.0 Å². The van der Waals surface area contributed by atoms with Crippen LogP contribution in [0.15, 0.2) is 41.5 Å². The van der Waals surface area contributed by atoms with Gasteiger partial charge in [0.2, 0.25) is 0 Å². The Morgan fingerprint density at radius 2 is 2.04 bits per heavy atom. The molecule has 1 aromatic carbocycles. The molecule has 4 heterocycles. The SMILES string of the molecule is Cc1nn(CCN2CCOCC2)c2ccc(NC3=NCc4cccnc43)cc12. The Hall–Kier alpha value is -2.77. The van der Waals surface area contributed by atoms with Crippen molar-refractivity contribution < 1.29 is 4.74 Å². The summed E-state index contributed by atoms with van der Waals surface area (Å²) in [4.78, 5) is 11.5. The number of benzene rings is 1. The molecule has 0 aliphatic carbocycles. The fraction of sp³-hybridized carbons (Fsp3) is 0.381. The third kappa shape index (κ3) is 3.27. The first-order valence-corrected chi connectivity index (χ1v) is 9.81. The topological polar surface area (TPSA) is 67.6 Å². The summed E-state index contributed by atoms with van der Waals surface area (Å²) in [6.07, 6.45) is 1.81. The van der Waals surface area contributed by atoms with E-state index in [1.165, 1.54) is 10.9 Å². The predicted octanol–water partition coefficient (Wildman–Crippen LogP) is 2.44. The summed E-state index contributed by atoms with van der Waals surface area (Å²) in [6.45, 7) is 8.31. The monoisotopic (exact) mass is 376 g/mol. The van der Waals surface area contributed by atoms with Crippen LogP contribution in [0.5, 0.6) is 0 Å². The van der Waals surface area contributed by atoms with Crippen molar-refractivity contribution in [3.05, 3.63) is 53.5 Å². The minimum absolute atomic E-state index is 0.687. The van der Waals surface area contributed by atoms with Crippen LogP contribution in [-0.4, -0.2) is 58.3 Å². The molecule has 7 nitrogen and oxygen atoms in total. The Morgan fingerprint density at radius 3 is 2.93 bits per heavy atom. The highest BCUT2D eigenvalue weighted by molar-refractivity contribution is 6.09. The van der Waals surface area contributed by atoms with Gasteiger partial charge in [0.1, 0.15) is 5.69 Å². The van der Waals surface area contributed by atoms with Crippen LogP contribution in [-0.2, 0) is 17.8 Å². The number of ether oxygens (including phenoxy) is 1. The normalized spacial score (nSPS) is 17.0. The third-order valence-corrected chi connectivity index (χ3v) is 5.45. The zero-order valence-corrected chi connectivity index (χ0v) is 16.1. The van der Waals surface area contributed by atoms with Crippen molar-refractivity contribution in [2.75, 3.05) is 38.2 Å². The van der Waals surface area contributed by atoms with Gasteiger partial charge in [0, 0.05) is 42.5 Å². The minimum Gasteiger partial charge on any atom is -0.379 e. The average Bonchev–Trinajstić information content (AvgIpc) is 3.28. The Balaban J connectivity index is 1.34.